The highest BCUT2D eigenvalue weighted by atomic mass is 19.4. The normalized spacial score (nSPS) is 29.4. The minimum atomic E-state index is -4.11. The van der Waals surface area contributed by atoms with Crippen molar-refractivity contribution in [2.75, 3.05) is 6.61 Å². The van der Waals surface area contributed by atoms with Crippen molar-refractivity contribution in [2.45, 2.75) is 44.7 Å². The minimum Gasteiger partial charge on any atom is -0.501 e. The Balaban J connectivity index is 1.89. The molecule has 18 heavy (non-hydrogen) atoms. The highest BCUT2D eigenvalue weighted by Gasteiger charge is 2.42. The van der Waals surface area contributed by atoms with Gasteiger partial charge in [0.15, 0.2) is 5.78 Å². The molecule has 0 aromatic rings. The molecule has 1 fully saturated rings. The van der Waals surface area contributed by atoms with E-state index in [4.69, 9.17) is 4.74 Å². The van der Waals surface area contributed by atoms with Gasteiger partial charge >= 0.3 is 6.18 Å². The zero-order valence-electron chi connectivity index (χ0n) is 10.1. The van der Waals surface area contributed by atoms with Crippen LogP contribution in [0.2, 0.25) is 0 Å². The first-order valence-corrected chi connectivity index (χ1v) is 6.40. The van der Waals surface area contributed by atoms with E-state index < -0.39 is 12.1 Å². The van der Waals surface area contributed by atoms with Crippen LogP contribution in [0.5, 0.6) is 0 Å². The smallest absolute Gasteiger partial charge is 0.391 e. The maximum Gasteiger partial charge on any atom is 0.391 e. The zero-order valence-corrected chi connectivity index (χ0v) is 10.1. The summed E-state index contributed by atoms with van der Waals surface area (Å²) in [6, 6.07) is 0. The van der Waals surface area contributed by atoms with Gasteiger partial charge in [-0.2, -0.15) is 13.2 Å². The highest BCUT2D eigenvalue weighted by Crippen LogP contribution is 2.40. The molecule has 0 N–H and O–H groups in total. The van der Waals surface area contributed by atoms with E-state index in [2.05, 4.69) is 0 Å². The molecule has 1 aliphatic heterocycles. The summed E-state index contributed by atoms with van der Waals surface area (Å²) in [6.07, 6.45) is -0.265. The Bertz CT molecular complexity index is 339. The Morgan fingerprint density at radius 3 is 2.39 bits per heavy atom. The summed E-state index contributed by atoms with van der Waals surface area (Å²) in [4.78, 5) is 12.1. The van der Waals surface area contributed by atoms with Crippen LogP contribution in [0.1, 0.15) is 38.5 Å². The molecular formula is C13H17F3O2. The van der Waals surface area contributed by atoms with Crippen molar-refractivity contribution in [1.82, 2.24) is 0 Å². The van der Waals surface area contributed by atoms with Gasteiger partial charge in [0.2, 0.25) is 0 Å². The lowest BCUT2D eigenvalue weighted by molar-refractivity contribution is -0.184. The average Bonchev–Trinajstić information content (AvgIpc) is 2.38. The third-order valence-corrected chi connectivity index (χ3v) is 3.81. The van der Waals surface area contributed by atoms with Gasteiger partial charge in [-0.25, -0.2) is 0 Å². The van der Waals surface area contributed by atoms with Crippen LogP contribution < -0.4 is 0 Å². The molecule has 0 bridgehead atoms. The lowest BCUT2D eigenvalue weighted by Crippen LogP contribution is -2.31. The van der Waals surface area contributed by atoms with Crippen LogP contribution in [0.3, 0.4) is 0 Å². The van der Waals surface area contributed by atoms with Crippen LogP contribution in [-0.4, -0.2) is 18.6 Å². The number of hydrogen-bond donors (Lipinski definition) is 0. The molecule has 1 heterocycles. The first-order chi connectivity index (χ1) is 8.48. The molecule has 2 rings (SSSR count). The molecule has 0 atom stereocenters. The zero-order chi connectivity index (χ0) is 13.2. The maximum atomic E-state index is 12.5. The molecule has 0 aromatic carbocycles. The fourth-order valence-corrected chi connectivity index (χ4v) is 2.69. The van der Waals surface area contributed by atoms with Crippen molar-refractivity contribution in [3.8, 4) is 0 Å². The summed E-state index contributed by atoms with van der Waals surface area (Å²) >= 11 is 0. The fraction of sp³-hybridized carbons (Fsp3) is 0.769. The van der Waals surface area contributed by atoms with Crippen molar-refractivity contribution in [3.05, 3.63) is 11.8 Å². The first kappa shape index (κ1) is 13.4. The average molecular weight is 262 g/mol. The number of carbonyl (C=O) groups excluding carboxylic acids is 1. The number of ether oxygens (including phenoxy) is 1. The van der Waals surface area contributed by atoms with Crippen molar-refractivity contribution >= 4 is 5.78 Å². The van der Waals surface area contributed by atoms with Gasteiger partial charge in [-0.15, -0.1) is 0 Å². The van der Waals surface area contributed by atoms with Gasteiger partial charge in [-0.1, -0.05) is 0 Å². The van der Waals surface area contributed by atoms with Gasteiger partial charge in [0, 0.05) is 11.5 Å². The van der Waals surface area contributed by atoms with E-state index in [0.29, 0.717) is 31.4 Å². The molecule has 1 aliphatic carbocycles. The molecule has 0 spiro atoms. The number of alkyl halides is 3. The van der Waals surface area contributed by atoms with E-state index in [0.717, 1.165) is 6.42 Å². The molecule has 0 aromatic heterocycles. The lowest BCUT2D eigenvalue weighted by Gasteiger charge is -2.29. The maximum absolute atomic E-state index is 12.5. The fourth-order valence-electron chi connectivity index (χ4n) is 2.69. The lowest BCUT2D eigenvalue weighted by atomic mass is 9.78. The van der Waals surface area contributed by atoms with Crippen molar-refractivity contribution in [3.63, 3.8) is 0 Å². The second-order valence-electron chi connectivity index (χ2n) is 5.07. The number of Topliss-reactive ketones (excluding diaryl/α,β-unsaturated/α-hetero) is 1. The van der Waals surface area contributed by atoms with Gasteiger partial charge in [0.25, 0.3) is 0 Å². The van der Waals surface area contributed by atoms with Crippen LogP contribution in [0.25, 0.3) is 0 Å². The molecule has 2 nitrogen and oxygen atoms in total. The second kappa shape index (κ2) is 5.33. The molecule has 0 amide bonds. The van der Waals surface area contributed by atoms with Crippen molar-refractivity contribution in [2.24, 2.45) is 11.8 Å². The molecule has 102 valence electrons. The van der Waals surface area contributed by atoms with E-state index >= 15 is 0 Å². The topological polar surface area (TPSA) is 26.3 Å². The Labute approximate surface area is 104 Å². The Morgan fingerprint density at radius 2 is 1.89 bits per heavy atom. The van der Waals surface area contributed by atoms with Gasteiger partial charge in [0.05, 0.1) is 18.8 Å². The predicted octanol–water partition coefficient (Wildman–Crippen LogP) is 3.62. The Kier molecular flexibility index (Phi) is 3.97. The largest absolute Gasteiger partial charge is 0.501 e. The summed E-state index contributed by atoms with van der Waals surface area (Å²) in [6.45, 7) is 0.623. The van der Waals surface area contributed by atoms with Crippen LogP contribution in [0, 0.1) is 11.8 Å². The minimum absolute atomic E-state index is 0.00433. The number of ketones is 1. The monoisotopic (exact) mass is 262 g/mol. The van der Waals surface area contributed by atoms with E-state index in [1.165, 1.54) is 6.26 Å². The highest BCUT2D eigenvalue weighted by molar-refractivity contribution is 5.97. The number of hydrogen-bond acceptors (Lipinski definition) is 2. The van der Waals surface area contributed by atoms with Crippen LogP contribution in [0.4, 0.5) is 13.2 Å². The quantitative estimate of drug-likeness (QED) is 0.759. The third kappa shape index (κ3) is 3.06. The summed E-state index contributed by atoms with van der Waals surface area (Å²) in [5.41, 5.74) is 0.650. The van der Waals surface area contributed by atoms with E-state index in [1.807, 2.05) is 0 Å². The van der Waals surface area contributed by atoms with Gasteiger partial charge in [-0.3, -0.25) is 4.79 Å². The number of halogens is 3. The standard InChI is InChI=1S/C13H17F3O2/c14-13(15,16)11-5-3-9(4-6-11)12(17)10-2-1-7-18-8-10/h8-9,11H,1-7H2. The molecule has 5 heteroatoms. The first-order valence-electron chi connectivity index (χ1n) is 6.40. The Hall–Kier alpha value is -1.00. The van der Waals surface area contributed by atoms with E-state index in [1.54, 1.807) is 0 Å². The predicted molar refractivity (Wildman–Crippen MR) is 59.8 cm³/mol. The summed E-state index contributed by atoms with van der Waals surface area (Å²) in [7, 11) is 0. The van der Waals surface area contributed by atoms with Crippen molar-refractivity contribution < 1.29 is 22.7 Å². The molecule has 2 aliphatic rings. The second-order valence-corrected chi connectivity index (χ2v) is 5.07. The summed E-state index contributed by atoms with van der Waals surface area (Å²) in [5.74, 6) is -1.47. The number of carbonyl (C=O) groups is 1. The van der Waals surface area contributed by atoms with Gasteiger partial charge in [0.1, 0.15) is 0 Å². The summed E-state index contributed by atoms with van der Waals surface area (Å²) < 4.78 is 42.6. The van der Waals surface area contributed by atoms with E-state index in [9.17, 15) is 18.0 Å². The third-order valence-electron chi connectivity index (χ3n) is 3.81. The van der Waals surface area contributed by atoms with Gasteiger partial charge in [-0.05, 0) is 38.5 Å². The number of rotatable bonds is 2. The van der Waals surface area contributed by atoms with Crippen LogP contribution in [-0.2, 0) is 9.53 Å². The molecular weight excluding hydrogens is 245 g/mol. The molecule has 0 unspecified atom stereocenters. The molecule has 0 saturated heterocycles. The summed E-state index contributed by atoms with van der Waals surface area (Å²) in [5, 5.41) is 0. The number of allylic oxidation sites excluding steroid dienone is 1. The van der Waals surface area contributed by atoms with Crippen LogP contribution >= 0.6 is 0 Å². The van der Waals surface area contributed by atoms with E-state index in [-0.39, 0.29) is 24.5 Å². The molecule has 0 radical (unpaired) electrons. The van der Waals surface area contributed by atoms with Crippen LogP contribution in [0.15, 0.2) is 11.8 Å². The molecule has 1 saturated carbocycles. The Morgan fingerprint density at radius 1 is 1.22 bits per heavy atom. The van der Waals surface area contributed by atoms with Gasteiger partial charge < -0.3 is 4.74 Å². The SMILES string of the molecule is O=C(C1=COCCC1)C1CCC(C(F)(F)F)CC1. The van der Waals surface area contributed by atoms with Crippen molar-refractivity contribution in [1.29, 1.82) is 0 Å².